The van der Waals surface area contributed by atoms with Crippen LogP contribution in [0.4, 0.5) is 0 Å². The maximum Gasteiger partial charge on any atom is 0.0557 e. The molecular weight excluding hydrogens is 226 g/mol. The first-order chi connectivity index (χ1) is 5.99. The van der Waals surface area contributed by atoms with Crippen LogP contribution in [0, 0.1) is 5.41 Å². The van der Waals surface area contributed by atoms with E-state index in [1.807, 2.05) is 6.08 Å². The predicted molar refractivity (Wildman–Crippen MR) is 60.8 cm³/mol. The molecule has 13 heavy (non-hydrogen) atoms. The van der Waals surface area contributed by atoms with Crippen molar-refractivity contribution in [2.45, 2.75) is 30.5 Å². The molecule has 0 saturated heterocycles. The molecule has 0 radical (unpaired) electrons. The molecule has 0 aliphatic heterocycles. The summed E-state index contributed by atoms with van der Waals surface area (Å²) >= 11 is 17.8. The first-order valence-electron chi connectivity index (χ1n) is 4.23. The van der Waals surface area contributed by atoms with Crippen molar-refractivity contribution < 1.29 is 0 Å². The van der Waals surface area contributed by atoms with Crippen molar-refractivity contribution in [3.63, 3.8) is 0 Å². The van der Waals surface area contributed by atoms with Crippen LogP contribution in [-0.4, -0.2) is 10.8 Å². The molecule has 0 aromatic heterocycles. The van der Waals surface area contributed by atoms with Gasteiger partial charge in [-0.25, -0.2) is 0 Å². The first-order valence-corrected chi connectivity index (χ1v) is 5.54. The van der Waals surface area contributed by atoms with E-state index in [0.717, 1.165) is 18.4 Å². The van der Waals surface area contributed by atoms with Gasteiger partial charge in [0.15, 0.2) is 0 Å². The van der Waals surface area contributed by atoms with Gasteiger partial charge in [0.2, 0.25) is 0 Å². The molecule has 1 aliphatic rings. The molecule has 74 valence electrons. The van der Waals surface area contributed by atoms with Crippen molar-refractivity contribution in [1.29, 1.82) is 0 Å². The van der Waals surface area contributed by atoms with Crippen LogP contribution in [0.2, 0.25) is 0 Å². The average Bonchev–Trinajstić information content (AvgIpc) is 2.02. The fraction of sp³-hybridized carbons (Fsp3) is 0.600. The van der Waals surface area contributed by atoms with Crippen LogP contribution in [0.25, 0.3) is 0 Å². The number of alkyl halides is 2. The Hall–Kier alpha value is 0.350. The zero-order valence-electron chi connectivity index (χ0n) is 7.56. The number of rotatable bonds is 1. The third-order valence-electron chi connectivity index (χ3n) is 2.62. The van der Waals surface area contributed by atoms with Crippen molar-refractivity contribution >= 4 is 34.8 Å². The van der Waals surface area contributed by atoms with Gasteiger partial charge in [0.05, 0.1) is 5.38 Å². The molecule has 0 aromatic rings. The van der Waals surface area contributed by atoms with Gasteiger partial charge in [-0.2, -0.15) is 0 Å². The molecule has 0 unspecified atom stereocenters. The second-order valence-electron chi connectivity index (χ2n) is 3.80. The third kappa shape index (κ3) is 2.43. The first kappa shape index (κ1) is 11.4. The fourth-order valence-electron chi connectivity index (χ4n) is 1.64. The Labute approximate surface area is 94.5 Å². The van der Waals surface area contributed by atoms with E-state index < -0.39 is 0 Å². The molecule has 0 N–H and O–H groups in total. The Morgan fingerprint density at radius 1 is 1.54 bits per heavy atom. The fourth-order valence-corrected chi connectivity index (χ4v) is 2.60. The summed E-state index contributed by atoms with van der Waals surface area (Å²) in [6.07, 6.45) is 3.51. The molecule has 0 aromatic carbocycles. The van der Waals surface area contributed by atoms with Crippen molar-refractivity contribution in [1.82, 2.24) is 0 Å². The minimum absolute atomic E-state index is 0.0132. The van der Waals surface area contributed by atoms with Crippen LogP contribution >= 0.6 is 34.8 Å². The lowest BCUT2D eigenvalue weighted by Gasteiger charge is -2.38. The highest BCUT2D eigenvalue weighted by atomic mass is 35.5. The molecule has 1 fully saturated rings. The molecule has 0 spiro atoms. The number of hydrogen-bond acceptors (Lipinski definition) is 0. The van der Waals surface area contributed by atoms with Crippen LogP contribution < -0.4 is 0 Å². The van der Waals surface area contributed by atoms with E-state index in [1.165, 1.54) is 5.54 Å². The van der Waals surface area contributed by atoms with Crippen LogP contribution in [-0.2, 0) is 0 Å². The van der Waals surface area contributed by atoms with Crippen molar-refractivity contribution in [2.24, 2.45) is 5.41 Å². The summed E-state index contributed by atoms with van der Waals surface area (Å²) in [5.74, 6) is 0. The maximum atomic E-state index is 6.23. The van der Waals surface area contributed by atoms with Crippen molar-refractivity contribution in [3.05, 3.63) is 23.8 Å². The summed E-state index contributed by atoms with van der Waals surface area (Å²) in [6.45, 7) is 6.02. The normalized spacial score (nSPS) is 41.4. The minimum atomic E-state index is -0.0915. The van der Waals surface area contributed by atoms with Gasteiger partial charge in [0.1, 0.15) is 0 Å². The Morgan fingerprint density at radius 3 is 2.69 bits per heavy atom. The molecule has 1 rings (SSSR count). The molecule has 0 nitrogen and oxygen atoms in total. The standard InChI is InChI=1S/C10H13Cl3/c1-7-6-10(2,3-4-11)9(13)5-8(7)12/h3-4,8-9H,1,5-6H2,2H3/b4-3+/t8-,9+,10-/m1/s1. The topological polar surface area (TPSA) is 0 Å². The van der Waals surface area contributed by atoms with Crippen LogP contribution in [0.15, 0.2) is 23.8 Å². The van der Waals surface area contributed by atoms with E-state index in [-0.39, 0.29) is 16.2 Å². The molecule has 3 atom stereocenters. The van der Waals surface area contributed by atoms with Gasteiger partial charge < -0.3 is 0 Å². The van der Waals surface area contributed by atoms with Crippen LogP contribution in [0.5, 0.6) is 0 Å². The third-order valence-corrected chi connectivity index (χ3v) is 3.91. The smallest absolute Gasteiger partial charge is 0.0557 e. The number of halogens is 3. The Balaban J connectivity index is 2.82. The second-order valence-corrected chi connectivity index (χ2v) is 5.11. The SMILES string of the molecule is C=C1C[C@@](C)(/C=C/Cl)[C@@H](Cl)C[C@H]1Cl. The zero-order valence-corrected chi connectivity index (χ0v) is 9.83. The largest absolute Gasteiger partial charge is 0.122 e. The van der Waals surface area contributed by atoms with E-state index in [2.05, 4.69) is 13.5 Å². The molecule has 0 bridgehead atoms. The summed E-state index contributed by atoms with van der Waals surface area (Å²) in [5.41, 5.74) is 2.49. The van der Waals surface area contributed by atoms with E-state index in [1.54, 1.807) is 0 Å². The maximum absolute atomic E-state index is 6.23. The summed E-state index contributed by atoms with van der Waals surface area (Å²) in [7, 11) is 0. The quantitative estimate of drug-likeness (QED) is 0.472. The Kier molecular flexibility index (Phi) is 3.73. The lowest BCUT2D eigenvalue weighted by atomic mass is 9.73. The predicted octanol–water partition coefficient (Wildman–Crippen LogP) is 4.31. The van der Waals surface area contributed by atoms with E-state index in [0.29, 0.717) is 0 Å². The van der Waals surface area contributed by atoms with Crippen LogP contribution in [0.1, 0.15) is 19.8 Å². The number of allylic oxidation sites excluding steroid dienone is 2. The second kappa shape index (κ2) is 4.25. The average molecular weight is 240 g/mol. The van der Waals surface area contributed by atoms with E-state index >= 15 is 0 Å². The van der Waals surface area contributed by atoms with Crippen molar-refractivity contribution in [3.8, 4) is 0 Å². The molecule has 0 heterocycles. The summed E-state index contributed by atoms with van der Waals surface area (Å²) in [5, 5.41) is 0.0507. The van der Waals surface area contributed by atoms with Gasteiger partial charge >= 0.3 is 0 Å². The highest BCUT2D eigenvalue weighted by Gasteiger charge is 2.38. The molecular formula is C10H13Cl3. The van der Waals surface area contributed by atoms with Gasteiger partial charge in [-0.1, -0.05) is 36.8 Å². The van der Waals surface area contributed by atoms with E-state index in [4.69, 9.17) is 34.8 Å². The number of hydrogen-bond donors (Lipinski definition) is 0. The summed E-state index contributed by atoms with van der Waals surface area (Å²) in [6, 6.07) is 0. The summed E-state index contributed by atoms with van der Waals surface area (Å²) < 4.78 is 0. The van der Waals surface area contributed by atoms with Crippen molar-refractivity contribution in [2.75, 3.05) is 0 Å². The van der Waals surface area contributed by atoms with Gasteiger partial charge in [-0.15, -0.1) is 23.2 Å². The van der Waals surface area contributed by atoms with Gasteiger partial charge in [-0.05, 0) is 12.8 Å². The zero-order chi connectivity index (χ0) is 10.1. The lowest BCUT2D eigenvalue weighted by Crippen LogP contribution is -2.35. The lowest BCUT2D eigenvalue weighted by molar-refractivity contribution is 0.348. The highest BCUT2D eigenvalue weighted by molar-refractivity contribution is 6.26. The monoisotopic (exact) mass is 238 g/mol. The Morgan fingerprint density at radius 2 is 2.15 bits per heavy atom. The van der Waals surface area contributed by atoms with Gasteiger partial charge in [0.25, 0.3) is 0 Å². The summed E-state index contributed by atoms with van der Waals surface area (Å²) in [4.78, 5) is 0. The Bertz CT molecular complexity index is 234. The van der Waals surface area contributed by atoms with E-state index in [9.17, 15) is 0 Å². The molecule has 1 saturated carbocycles. The highest BCUT2D eigenvalue weighted by Crippen LogP contribution is 2.44. The minimum Gasteiger partial charge on any atom is -0.122 e. The van der Waals surface area contributed by atoms with Gasteiger partial charge in [-0.3, -0.25) is 0 Å². The molecule has 0 amide bonds. The van der Waals surface area contributed by atoms with Crippen LogP contribution in [0.3, 0.4) is 0 Å². The molecule has 1 aliphatic carbocycles. The molecule has 3 heteroatoms. The van der Waals surface area contributed by atoms with Gasteiger partial charge in [0, 0.05) is 16.3 Å².